The first-order valence-corrected chi connectivity index (χ1v) is 10.9. The molecule has 2 aromatic rings. The molecule has 1 unspecified atom stereocenters. The van der Waals surface area contributed by atoms with Gasteiger partial charge < -0.3 is 15.3 Å². The fourth-order valence-electron chi connectivity index (χ4n) is 4.99. The van der Waals surface area contributed by atoms with E-state index < -0.39 is 5.60 Å². The Morgan fingerprint density at radius 2 is 1.72 bits per heavy atom. The van der Waals surface area contributed by atoms with E-state index in [9.17, 15) is 10.4 Å². The summed E-state index contributed by atoms with van der Waals surface area (Å²) in [6, 6.07) is 18.8. The number of aliphatic hydroxyl groups is 1. The van der Waals surface area contributed by atoms with E-state index in [1.807, 2.05) is 24.3 Å². The summed E-state index contributed by atoms with van der Waals surface area (Å²) in [6.07, 6.45) is 4.99. The highest BCUT2D eigenvalue weighted by molar-refractivity contribution is 5.66. The largest absolute Gasteiger partial charge is 0.389 e. The molecule has 0 aromatic heterocycles. The molecule has 152 valence electrons. The SMILES string of the molecule is N#Cc1cc(-c2ccccc2)ccc1C(CN1CCNCC1)C1(O)CCCCC1. The minimum absolute atomic E-state index is 0.0274. The van der Waals surface area contributed by atoms with Gasteiger partial charge in [0.05, 0.1) is 17.2 Å². The average Bonchev–Trinajstić information content (AvgIpc) is 2.79. The lowest BCUT2D eigenvalue weighted by Crippen LogP contribution is -2.49. The molecule has 1 heterocycles. The Balaban J connectivity index is 1.70. The van der Waals surface area contributed by atoms with Crippen molar-refractivity contribution < 1.29 is 5.11 Å². The third-order valence-electron chi connectivity index (χ3n) is 6.67. The van der Waals surface area contributed by atoms with Gasteiger partial charge in [-0.2, -0.15) is 5.26 Å². The van der Waals surface area contributed by atoms with Crippen LogP contribution in [0.25, 0.3) is 11.1 Å². The van der Waals surface area contributed by atoms with Gasteiger partial charge in [0.15, 0.2) is 0 Å². The van der Waals surface area contributed by atoms with E-state index in [1.54, 1.807) is 0 Å². The number of benzene rings is 2. The average molecular weight is 390 g/mol. The Kier molecular flexibility index (Phi) is 6.30. The highest BCUT2D eigenvalue weighted by atomic mass is 16.3. The summed E-state index contributed by atoms with van der Waals surface area (Å²) in [6.45, 7) is 4.79. The maximum atomic E-state index is 11.7. The number of piperazine rings is 1. The Labute approximate surface area is 174 Å². The Hall–Kier alpha value is -2.19. The third-order valence-corrected chi connectivity index (χ3v) is 6.67. The molecule has 4 heteroatoms. The molecule has 2 aliphatic rings. The van der Waals surface area contributed by atoms with E-state index in [2.05, 4.69) is 40.6 Å². The second-order valence-corrected chi connectivity index (χ2v) is 8.55. The molecule has 2 N–H and O–H groups in total. The number of nitrogens with zero attached hydrogens (tertiary/aromatic N) is 2. The van der Waals surface area contributed by atoms with Gasteiger partial charge >= 0.3 is 0 Å². The predicted molar refractivity (Wildman–Crippen MR) is 117 cm³/mol. The number of hydrogen-bond donors (Lipinski definition) is 2. The molecule has 0 spiro atoms. The van der Waals surface area contributed by atoms with Gasteiger partial charge in [0, 0.05) is 38.6 Å². The molecule has 4 nitrogen and oxygen atoms in total. The Morgan fingerprint density at radius 1 is 1.00 bits per heavy atom. The molecule has 0 amide bonds. The smallest absolute Gasteiger partial charge is 0.0994 e. The fourth-order valence-corrected chi connectivity index (χ4v) is 4.99. The van der Waals surface area contributed by atoms with Gasteiger partial charge in [-0.1, -0.05) is 61.7 Å². The molecule has 1 saturated heterocycles. The third kappa shape index (κ3) is 4.53. The molecular weight excluding hydrogens is 358 g/mol. The summed E-state index contributed by atoms with van der Waals surface area (Å²) in [7, 11) is 0. The summed E-state index contributed by atoms with van der Waals surface area (Å²) in [5.41, 5.74) is 3.16. The molecule has 1 aliphatic heterocycles. The molecule has 1 atom stereocenters. The second-order valence-electron chi connectivity index (χ2n) is 8.55. The highest BCUT2D eigenvalue weighted by Gasteiger charge is 2.40. The van der Waals surface area contributed by atoms with Crippen LogP contribution in [0.3, 0.4) is 0 Å². The van der Waals surface area contributed by atoms with Gasteiger partial charge in [0.2, 0.25) is 0 Å². The van der Waals surface area contributed by atoms with E-state index in [-0.39, 0.29) is 5.92 Å². The Morgan fingerprint density at radius 3 is 2.41 bits per heavy atom. The van der Waals surface area contributed by atoms with E-state index in [1.165, 1.54) is 6.42 Å². The van der Waals surface area contributed by atoms with Crippen LogP contribution in [0.2, 0.25) is 0 Å². The van der Waals surface area contributed by atoms with Crippen molar-refractivity contribution in [1.29, 1.82) is 5.26 Å². The number of nitriles is 1. The van der Waals surface area contributed by atoms with Gasteiger partial charge in [0.1, 0.15) is 0 Å². The lowest BCUT2D eigenvalue weighted by molar-refractivity contribution is -0.0317. The van der Waals surface area contributed by atoms with Crippen LogP contribution in [-0.2, 0) is 0 Å². The fraction of sp³-hybridized carbons (Fsp3) is 0.480. The van der Waals surface area contributed by atoms with Crippen LogP contribution in [0.15, 0.2) is 48.5 Å². The first kappa shape index (κ1) is 20.1. The molecule has 1 saturated carbocycles. The molecule has 2 aromatic carbocycles. The van der Waals surface area contributed by atoms with Crippen LogP contribution in [0.4, 0.5) is 0 Å². The summed E-state index contributed by atoms with van der Waals surface area (Å²) < 4.78 is 0. The molecular formula is C25H31N3O. The van der Waals surface area contributed by atoms with Gasteiger partial charge in [-0.3, -0.25) is 0 Å². The van der Waals surface area contributed by atoms with Crippen molar-refractivity contribution in [3.05, 3.63) is 59.7 Å². The van der Waals surface area contributed by atoms with Crippen molar-refractivity contribution in [2.45, 2.75) is 43.6 Å². The molecule has 29 heavy (non-hydrogen) atoms. The summed E-state index contributed by atoms with van der Waals surface area (Å²) >= 11 is 0. The summed E-state index contributed by atoms with van der Waals surface area (Å²) in [4.78, 5) is 2.44. The van der Waals surface area contributed by atoms with Crippen molar-refractivity contribution >= 4 is 0 Å². The summed E-state index contributed by atoms with van der Waals surface area (Å²) in [5.74, 6) is -0.0274. The van der Waals surface area contributed by atoms with E-state index in [4.69, 9.17) is 0 Å². The second kappa shape index (κ2) is 9.09. The standard InChI is InChI=1S/C25H31N3O/c26-18-22-17-21(20-7-3-1-4-8-20)9-10-23(22)24(19-28-15-13-27-14-16-28)25(29)11-5-2-6-12-25/h1,3-4,7-10,17,24,27,29H,2,5-6,11-16,19H2. The molecule has 1 aliphatic carbocycles. The topological polar surface area (TPSA) is 59.3 Å². The minimum atomic E-state index is -0.719. The predicted octanol–water partition coefficient (Wildman–Crippen LogP) is 3.91. The number of rotatable bonds is 5. The molecule has 2 fully saturated rings. The highest BCUT2D eigenvalue weighted by Crippen LogP contribution is 2.42. The first-order chi connectivity index (χ1) is 14.2. The van der Waals surface area contributed by atoms with Crippen molar-refractivity contribution in [3.63, 3.8) is 0 Å². The zero-order valence-electron chi connectivity index (χ0n) is 17.1. The van der Waals surface area contributed by atoms with E-state index >= 15 is 0 Å². The van der Waals surface area contributed by atoms with E-state index in [0.29, 0.717) is 5.56 Å². The van der Waals surface area contributed by atoms with Crippen LogP contribution < -0.4 is 5.32 Å². The monoisotopic (exact) mass is 389 g/mol. The zero-order valence-corrected chi connectivity index (χ0v) is 17.1. The molecule has 0 bridgehead atoms. The minimum Gasteiger partial charge on any atom is -0.389 e. The van der Waals surface area contributed by atoms with Crippen LogP contribution >= 0.6 is 0 Å². The van der Waals surface area contributed by atoms with Gasteiger partial charge in [-0.05, 0) is 35.6 Å². The molecule has 4 rings (SSSR count). The number of hydrogen-bond acceptors (Lipinski definition) is 4. The van der Waals surface area contributed by atoms with Crippen LogP contribution in [0.1, 0.15) is 49.1 Å². The normalized spacial score (nSPS) is 20.7. The van der Waals surface area contributed by atoms with Crippen molar-refractivity contribution in [3.8, 4) is 17.2 Å². The number of nitrogens with one attached hydrogen (secondary N) is 1. The summed E-state index contributed by atoms with van der Waals surface area (Å²) in [5, 5.41) is 25.0. The van der Waals surface area contributed by atoms with E-state index in [0.717, 1.165) is 75.1 Å². The van der Waals surface area contributed by atoms with Crippen LogP contribution in [0.5, 0.6) is 0 Å². The van der Waals surface area contributed by atoms with Crippen molar-refractivity contribution in [2.75, 3.05) is 32.7 Å². The maximum Gasteiger partial charge on any atom is 0.0994 e. The van der Waals surface area contributed by atoms with Gasteiger partial charge in [-0.25, -0.2) is 0 Å². The van der Waals surface area contributed by atoms with Crippen molar-refractivity contribution in [1.82, 2.24) is 10.2 Å². The quantitative estimate of drug-likeness (QED) is 0.814. The lowest BCUT2D eigenvalue weighted by Gasteiger charge is -2.43. The maximum absolute atomic E-state index is 11.7. The van der Waals surface area contributed by atoms with Crippen LogP contribution in [-0.4, -0.2) is 48.3 Å². The molecule has 0 radical (unpaired) electrons. The van der Waals surface area contributed by atoms with Crippen molar-refractivity contribution in [2.24, 2.45) is 0 Å². The van der Waals surface area contributed by atoms with Crippen LogP contribution in [0, 0.1) is 11.3 Å². The zero-order chi connectivity index (χ0) is 20.1. The lowest BCUT2D eigenvalue weighted by atomic mass is 9.71. The Bertz CT molecular complexity index is 846. The van der Waals surface area contributed by atoms with Gasteiger partial charge in [-0.15, -0.1) is 0 Å². The first-order valence-electron chi connectivity index (χ1n) is 10.9. The van der Waals surface area contributed by atoms with Gasteiger partial charge in [0.25, 0.3) is 0 Å².